The summed E-state index contributed by atoms with van der Waals surface area (Å²) in [6.07, 6.45) is 0.713. The SMILES string of the molecule is CC[CH]Oc1c(F)cccc1Cl. The van der Waals surface area contributed by atoms with E-state index in [1.54, 1.807) is 6.07 Å². The van der Waals surface area contributed by atoms with Gasteiger partial charge in [0.25, 0.3) is 0 Å². The highest BCUT2D eigenvalue weighted by Gasteiger charge is 2.06. The van der Waals surface area contributed by atoms with Crippen LogP contribution in [0, 0.1) is 12.4 Å². The van der Waals surface area contributed by atoms with Crippen molar-refractivity contribution in [3.8, 4) is 5.75 Å². The van der Waals surface area contributed by atoms with Crippen molar-refractivity contribution in [3.05, 3.63) is 35.6 Å². The quantitative estimate of drug-likeness (QED) is 0.705. The zero-order valence-corrected chi connectivity index (χ0v) is 7.44. The van der Waals surface area contributed by atoms with Gasteiger partial charge >= 0.3 is 0 Å². The van der Waals surface area contributed by atoms with E-state index in [2.05, 4.69) is 0 Å². The summed E-state index contributed by atoms with van der Waals surface area (Å²) >= 11 is 5.68. The fraction of sp³-hybridized carbons (Fsp3) is 0.222. The minimum Gasteiger partial charge on any atom is -0.482 e. The van der Waals surface area contributed by atoms with Gasteiger partial charge in [0.05, 0.1) is 5.02 Å². The molecule has 0 aliphatic carbocycles. The van der Waals surface area contributed by atoms with E-state index in [0.29, 0.717) is 11.4 Å². The van der Waals surface area contributed by atoms with E-state index in [1.165, 1.54) is 18.7 Å². The number of para-hydroxylation sites is 1. The van der Waals surface area contributed by atoms with Gasteiger partial charge < -0.3 is 4.74 Å². The molecule has 1 aromatic carbocycles. The third-order valence-corrected chi connectivity index (χ3v) is 1.58. The van der Waals surface area contributed by atoms with Gasteiger partial charge in [0.2, 0.25) is 0 Å². The van der Waals surface area contributed by atoms with E-state index in [9.17, 15) is 4.39 Å². The molecule has 0 heterocycles. The van der Waals surface area contributed by atoms with E-state index in [4.69, 9.17) is 16.3 Å². The van der Waals surface area contributed by atoms with Gasteiger partial charge in [-0.2, -0.15) is 0 Å². The van der Waals surface area contributed by atoms with E-state index in [0.717, 1.165) is 0 Å². The first-order chi connectivity index (χ1) is 5.75. The van der Waals surface area contributed by atoms with Gasteiger partial charge in [0.1, 0.15) is 6.61 Å². The van der Waals surface area contributed by atoms with Crippen LogP contribution in [0.4, 0.5) is 4.39 Å². The average Bonchev–Trinajstić information content (AvgIpc) is 2.04. The Balaban J connectivity index is 2.81. The number of rotatable bonds is 3. The summed E-state index contributed by atoms with van der Waals surface area (Å²) in [5.74, 6) is -0.340. The lowest BCUT2D eigenvalue weighted by Gasteiger charge is -2.05. The zero-order valence-electron chi connectivity index (χ0n) is 6.68. The molecule has 0 saturated heterocycles. The molecule has 0 spiro atoms. The lowest BCUT2D eigenvalue weighted by atomic mass is 10.3. The largest absolute Gasteiger partial charge is 0.482 e. The van der Waals surface area contributed by atoms with Crippen molar-refractivity contribution in [3.63, 3.8) is 0 Å². The van der Waals surface area contributed by atoms with Crippen LogP contribution < -0.4 is 4.74 Å². The Hall–Kier alpha value is -0.760. The topological polar surface area (TPSA) is 9.23 Å². The van der Waals surface area contributed by atoms with Crippen molar-refractivity contribution >= 4 is 11.6 Å². The van der Waals surface area contributed by atoms with Crippen LogP contribution in [0.2, 0.25) is 5.02 Å². The minimum atomic E-state index is -0.438. The molecule has 0 N–H and O–H groups in total. The number of halogens is 2. The van der Waals surface area contributed by atoms with Crippen LogP contribution in [0.3, 0.4) is 0 Å². The molecule has 0 saturated carbocycles. The van der Waals surface area contributed by atoms with Crippen molar-refractivity contribution < 1.29 is 9.13 Å². The highest BCUT2D eigenvalue weighted by atomic mass is 35.5. The smallest absolute Gasteiger partial charge is 0.174 e. The van der Waals surface area contributed by atoms with Gasteiger partial charge in [-0.1, -0.05) is 24.6 Å². The fourth-order valence-electron chi connectivity index (χ4n) is 0.762. The standard InChI is InChI=1S/C9H9ClFO/c1-2-6-12-9-7(10)4-3-5-8(9)11/h3-6H,2H2,1H3. The molecule has 0 fully saturated rings. The summed E-state index contributed by atoms with van der Waals surface area (Å²) in [7, 11) is 0. The van der Waals surface area contributed by atoms with Gasteiger partial charge in [-0.15, -0.1) is 0 Å². The molecular formula is C9H9ClFO. The molecule has 65 valence electrons. The summed E-state index contributed by atoms with van der Waals surface area (Å²) in [5.41, 5.74) is 0. The molecule has 1 rings (SSSR count). The molecule has 1 nitrogen and oxygen atoms in total. The normalized spacial score (nSPS) is 9.92. The number of benzene rings is 1. The molecule has 0 aliphatic heterocycles. The monoisotopic (exact) mass is 187 g/mol. The summed E-state index contributed by atoms with van der Waals surface area (Å²) in [4.78, 5) is 0. The van der Waals surface area contributed by atoms with Crippen LogP contribution >= 0.6 is 11.6 Å². The zero-order chi connectivity index (χ0) is 8.97. The van der Waals surface area contributed by atoms with Crippen molar-refractivity contribution in [2.24, 2.45) is 0 Å². The lowest BCUT2D eigenvalue weighted by molar-refractivity contribution is 0.373. The highest BCUT2D eigenvalue weighted by Crippen LogP contribution is 2.27. The van der Waals surface area contributed by atoms with Crippen LogP contribution in [0.15, 0.2) is 18.2 Å². The summed E-state index contributed by atoms with van der Waals surface area (Å²) in [5, 5.41) is 0.291. The van der Waals surface area contributed by atoms with Gasteiger partial charge in [0.15, 0.2) is 11.6 Å². The molecule has 12 heavy (non-hydrogen) atoms. The van der Waals surface area contributed by atoms with Crippen LogP contribution in [-0.2, 0) is 0 Å². The summed E-state index contributed by atoms with van der Waals surface area (Å²) < 4.78 is 17.9. The Morgan fingerprint density at radius 1 is 1.58 bits per heavy atom. The second-order valence-corrected chi connectivity index (χ2v) is 2.65. The predicted octanol–water partition coefficient (Wildman–Crippen LogP) is 3.43. The number of hydrogen-bond donors (Lipinski definition) is 0. The van der Waals surface area contributed by atoms with Crippen molar-refractivity contribution in [1.82, 2.24) is 0 Å². The first-order valence-corrected chi connectivity index (χ1v) is 4.06. The summed E-state index contributed by atoms with van der Waals surface area (Å²) in [6, 6.07) is 4.44. The Bertz CT molecular complexity index is 242. The van der Waals surface area contributed by atoms with E-state index < -0.39 is 5.82 Å². The van der Waals surface area contributed by atoms with E-state index >= 15 is 0 Å². The number of hydrogen-bond acceptors (Lipinski definition) is 1. The first-order valence-electron chi connectivity index (χ1n) is 3.68. The maximum Gasteiger partial charge on any atom is 0.174 e. The maximum absolute atomic E-state index is 12.9. The number of ether oxygens (including phenoxy) is 1. The van der Waals surface area contributed by atoms with Crippen LogP contribution in [0.25, 0.3) is 0 Å². The van der Waals surface area contributed by atoms with E-state index in [1.807, 2.05) is 6.92 Å². The van der Waals surface area contributed by atoms with Gasteiger partial charge in [-0.05, 0) is 18.6 Å². The minimum absolute atomic E-state index is 0.0982. The molecule has 3 heteroatoms. The molecule has 0 aromatic heterocycles. The molecule has 0 unspecified atom stereocenters. The Morgan fingerprint density at radius 2 is 2.33 bits per heavy atom. The van der Waals surface area contributed by atoms with E-state index in [-0.39, 0.29) is 5.75 Å². The maximum atomic E-state index is 12.9. The van der Waals surface area contributed by atoms with Crippen LogP contribution in [0.5, 0.6) is 5.75 Å². The molecule has 0 aliphatic rings. The fourth-order valence-corrected chi connectivity index (χ4v) is 0.969. The van der Waals surface area contributed by atoms with Crippen molar-refractivity contribution in [2.75, 3.05) is 0 Å². The third-order valence-electron chi connectivity index (χ3n) is 1.29. The Morgan fingerprint density at radius 3 is 2.92 bits per heavy atom. The van der Waals surface area contributed by atoms with Gasteiger partial charge in [-0.25, -0.2) is 4.39 Å². The highest BCUT2D eigenvalue weighted by molar-refractivity contribution is 6.32. The average molecular weight is 188 g/mol. The van der Waals surface area contributed by atoms with Gasteiger partial charge in [-0.3, -0.25) is 0 Å². The van der Waals surface area contributed by atoms with Gasteiger partial charge in [0, 0.05) is 0 Å². The first kappa shape index (κ1) is 9.33. The second kappa shape index (κ2) is 4.31. The van der Waals surface area contributed by atoms with Crippen LogP contribution in [-0.4, -0.2) is 0 Å². The lowest BCUT2D eigenvalue weighted by Crippen LogP contribution is -1.92. The Kier molecular flexibility index (Phi) is 3.35. The second-order valence-electron chi connectivity index (χ2n) is 2.24. The molecule has 1 aromatic rings. The summed E-state index contributed by atoms with van der Waals surface area (Å²) in [6.45, 7) is 3.40. The molecule has 1 radical (unpaired) electrons. The molecule has 0 bridgehead atoms. The predicted molar refractivity (Wildman–Crippen MR) is 46.6 cm³/mol. The van der Waals surface area contributed by atoms with Crippen LogP contribution in [0.1, 0.15) is 13.3 Å². The molecule has 0 amide bonds. The third kappa shape index (κ3) is 2.11. The molecule has 0 atom stereocenters. The van der Waals surface area contributed by atoms with Crippen molar-refractivity contribution in [1.29, 1.82) is 0 Å². The molecular weight excluding hydrogens is 179 g/mol. The Labute approximate surface area is 76.1 Å². The van der Waals surface area contributed by atoms with Crippen molar-refractivity contribution in [2.45, 2.75) is 13.3 Å².